The van der Waals surface area contributed by atoms with Crippen molar-refractivity contribution in [1.82, 2.24) is 15.0 Å². The molecular formula is C21H24N6O2S. The second-order valence-electron chi connectivity index (χ2n) is 6.10. The molecule has 0 aliphatic heterocycles. The van der Waals surface area contributed by atoms with Crippen molar-refractivity contribution < 1.29 is 9.53 Å². The van der Waals surface area contributed by atoms with Gasteiger partial charge < -0.3 is 20.7 Å². The van der Waals surface area contributed by atoms with Crippen LogP contribution in [0.15, 0.2) is 59.8 Å². The first-order chi connectivity index (χ1) is 14.7. The summed E-state index contributed by atoms with van der Waals surface area (Å²) in [5, 5.41) is 9.49. The van der Waals surface area contributed by atoms with Gasteiger partial charge in [-0.1, -0.05) is 30.0 Å². The Labute approximate surface area is 179 Å². The summed E-state index contributed by atoms with van der Waals surface area (Å²) in [5.74, 6) is 2.47. The maximum atomic E-state index is 12.3. The molecular weight excluding hydrogens is 400 g/mol. The van der Waals surface area contributed by atoms with Crippen LogP contribution in [0, 0.1) is 0 Å². The fourth-order valence-electron chi connectivity index (χ4n) is 2.45. The summed E-state index contributed by atoms with van der Waals surface area (Å²) >= 11 is 1.25. The molecule has 0 spiro atoms. The summed E-state index contributed by atoms with van der Waals surface area (Å²) in [7, 11) is 0. The van der Waals surface area contributed by atoms with Crippen molar-refractivity contribution in [3.8, 4) is 11.5 Å². The molecule has 1 heterocycles. The van der Waals surface area contributed by atoms with Crippen LogP contribution in [0.2, 0.25) is 0 Å². The van der Waals surface area contributed by atoms with Gasteiger partial charge in [-0.3, -0.25) is 4.79 Å². The van der Waals surface area contributed by atoms with Crippen molar-refractivity contribution in [1.29, 1.82) is 0 Å². The molecule has 8 nitrogen and oxygen atoms in total. The summed E-state index contributed by atoms with van der Waals surface area (Å²) in [6, 6.07) is 16.8. The van der Waals surface area contributed by atoms with Crippen LogP contribution in [0.1, 0.15) is 13.8 Å². The first kappa shape index (κ1) is 21.4. The Bertz CT molecular complexity index is 929. The summed E-state index contributed by atoms with van der Waals surface area (Å²) in [6.45, 7) is 5.33. The molecule has 0 atom stereocenters. The number of nitrogens with one attached hydrogen (secondary N) is 3. The molecule has 0 aliphatic carbocycles. The van der Waals surface area contributed by atoms with Gasteiger partial charge in [0.15, 0.2) is 5.16 Å². The van der Waals surface area contributed by atoms with Gasteiger partial charge in [-0.05, 0) is 50.2 Å². The molecule has 3 rings (SSSR count). The second-order valence-corrected chi connectivity index (χ2v) is 7.04. The van der Waals surface area contributed by atoms with Gasteiger partial charge >= 0.3 is 0 Å². The minimum Gasteiger partial charge on any atom is -0.457 e. The normalized spacial score (nSPS) is 10.3. The van der Waals surface area contributed by atoms with E-state index in [2.05, 4.69) is 30.9 Å². The highest BCUT2D eigenvalue weighted by atomic mass is 32.2. The molecule has 30 heavy (non-hydrogen) atoms. The number of amides is 1. The smallest absolute Gasteiger partial charge is 0.234 e. The fraction of sp³-hybridized carbons (Fsp3) is 0.238. The number of nitrogens with zero attached hydrogens (tertiary/aromatic N) is 3. The third-order valence-electron chi connectivity index (χ3n) is 3.73. The number of hydrogen-bond donors (Lipinski definition) is 3. The largest absolute Gasteiger partial charge is 0.457 e. The Hall–Kier alpha value is -3.33. The Kier molecular flexibility index (Phi) is 7.85. The van der Waals surface area contributed by atoms with Gasteiger partial charge in [0, 0.05) is 18.8 Å². The van der Waals surface area contributed by atoms with E-state index in [1.165, 1.54) is 11.8 Å². The zero-order chi connectivity index (χ0) is 21.2. The molecule has 0 fully saturated rings. The highest BCUT2D eigenvalue weighted by Gasteiger charge is 2.10. The minimum atomic E-state index is -0.146. The number of aromatic nitrogens is 3. The van der Waals surface area contributed by atoms with Crippen LogP contribution >= 0.6 is 11.8 Å². The van der Waals surface area contributed by atoms with Crippen LogP contribution in [0.3, 0.4) is 0 Å². The van der Waals surface area contributed by atoms with Gasteiger partial charge in [-0.2, -0.15) is 15.0 Å². The predicted molar refractivity (Wildman–Crippen MR) is 120 cm³/mol. The topological polar surface area (TPSA) is 101 Å². The number of carbonyl (C=O) groups excluding carboxylic acids is 1. The van der Waals surface area contributed by atoms with E-state index in [1.807, 2.05) is 56.3 Å². The molecule has 0 saturated carbocycles. The molecule has 0 saturated heterocycles. The molecule has 3 aromatic rings. The first-order valence-electron chi connectivity index (χ1n) is 9.65. The highest BCUT2D eigenvalue weighted by molar-refractivity contribution is 7.99. The number of benzene rings is 2. The average Bonchev–Trinajstić information content (AvgIpc) is 2.75. The molecule has 1 amide bonds. The third kappa shape index (κ3) is 6.63. The number of ether oxygens (including phenoxy) is 1. The quantitative estimate of drug-likeness (QED) is 0.415. The lowest BCUT2D eigenvalue weighted by atomic mass is 10.3. The van der Waals surface area contributed by atoms with E-state index in [0.29, 0.717) is 41.6 Å². The second kappa shape index (κ2) is 11.0. The Morgan fingerprint density at radius 3 is 2.07 bits per heavy atom. The molecule has 0 radical (unpaired) electrons. The van der Waals surface area contributed by atoms with Crippen LogP contribution in [0.4, 0.5) is 17.6 Å². The van der Waals surface area contributed by atoms with Gasteiger partial charge in [0.2, 0.25) is 17.8 Å². The van der Waals surface area contributed by atoms with Crippen molar-refractivity contribution in [2.24, 2.45) is 0 Å². The van der Waals surface area contributed by atoms with E-state index in [9.17, 15) is 4.79 Å². The molecule has 0 aliphatic rings. The van der Waals surface area contributed by atoms with Crippen LogP contribution < -0.4 is 20.7 Å². The van der Waals surface area contributed by atoms with E-state index < -0.39 is 0 Å². The Morgan fingerprint density at radius 1 is 0.867 bits per heavy atom. The summed E-state index contributed by atoms with van der Waals surface area (Å²) in [4.78, 5) is 25.3. The van der Waals surface area contributed by atoms with E-state index >= 15 is 0 Å². The zero-order valence-electron chi connectivity index (χ0n) is 16.9. The Morgan fingerprint density at radius 2 is 1.47 bits per heavy atom. The number of hydrogen-bond acceptors (Lipinski definition) is 8. The number of para-hydroxylation sites is 1. The van der Waals surface area contributed by atoms with E-state index in [0.717, 1.165) is 5.75 Å². The average molecular weight is 425 g/mol. The van der Waals surface area contributed by atoms with Crippen LogP contribution in [-0.4, -0.2) is 39.7 Å². The van der Waals surface area contributed by atoms with Gasteiger partial charge in [-0.25, -0.2) is 0 Å². The number of thioether (sulfide) groups is 1. The van der Waals surface area contributed by atoms with Crippen LogP contribution in [0.25, 0.3) is 0 Å². The maximum Gasteiger partial charge on any atom is 0.234 e. The summed E-state index contributed by atoms with van der Waals surface area (Å²) in [5.41, 5.74) is 0.693. The Balaban J connectivity index is 1.54. The van der Waals surface area contributed by atoms with Gasteiger partial charge in [0.05, 0.1) is 5.75 Å². The highest BCUT2D eigenvalue weighted by Crippen LogP contribution is 2.23. The van der Waals surface area contributed by atoms with Crippen LogP contribution in [-0.2, 0) is 4.79 Å². The van der Waals surface area contributed by atoms with Crippen LogP contribution in [0.5, 0.6) is 11.5 Å². The zero-order valence-corrected chi connectivity index (χ0v) is 17.7. The van der Waals surface area contributed by atoms with Gasteiger partial charge in [-0.15, -0.1) is 0 Å². The lowest BCUT2D eigenvalue weighted by molar-refractivity contribution is -0.113. The number of carbonyl (C=O) groups is 1. The lowest BCUT2D eigenvalue weighted by Gasteiger charge is -2.09. The van der Waals surface area contributed by atoms with Gasteiger partial charge in [0.25, 0.3) is 0 Å². The number of rotatable bonds is 10. The lowest BCUT2D eigenvalue weighted by Crippen LogP contribution is -2.15. The molecule has 156 valence electrons. The standard InChI is InChI=1S/C21H24N6O2S/c1-3-22-19-25-20(23-4-2)27-21(26-19)30-14-18(28)24-15-10-12-17(13-11-15)29-16-8-6-5-7-9-16/h5-13H,3-4,14H2,1-2H3,(H,24,28)(H2,22,23,25,26,27). The maximum absolute atomic E-state index is 12.3. The van der Waals surface area contributed by atoms with E-state index in [4.69, 9.17) is 4.74 Å². The first-order valence-corrected chi connectivity index (χ1v) is 10.6. The van der Waals surface area contributed by atoms with Crippen molar-refractivity contribution >= 4 is 35.3 Å². The SMILES string of the molecule is CCNc1nc(NCC)nc(SCC(=O)Nc2ccc(Oc3ccccc3)cc2)n1. The van der Waals surface area contributed by atoms with Gasteiger partial charge in [0.1, 0.15) is 11.5 Å². The van der Waals surface area contributed by atoms with Crippen molar-refractivity contribution in [2.75, 3.05) is 34.8 Å². The minimum absolute atomic E-state index is 0.146. The fourth-order valence-corrected chi connectivity index (χ4v) is 3.09. The summed E-state index contributed by atoms with van der Waals surface area (Å²) in [6.07, 6.45) is 0. The molecule has 3 N–H and O–H groups in total. The van der Waals surface area contributed by atoms with Crippen molar-refractivity contribution in [2.45, 2.75) is 19.0 Å². The van der Waals surface area contributed by atoms with Crippen molar-refractivity contribution in [3.05, 3.63) is 54.6 Å². The predicted octanol–water partition coefficient (Wildman–Crippen LogP) is 4.26. The molecule has 1 aromatic heterocycles. The van der Waals surface area contributed by atoms with Crippen molar-refractivity contribution in [3.63, 3.8) is 0 Å². The summed E-state index contributed by atoms with van der Waals surface area (Å²) < 4.78 is 5.75. The molecule has 0 unspecified atom stereocenters. The van der Waals surface area contributed by atoms with E-state index in [-0.39, 0.29) is 11.7 Å². The third-order valence-corrected chi connectivity index (χ3v) is 4.58. The molecule has 9 heteroatoms. The molecule has 0 bridgehead atoms. The molecule has 2 aromatic carbocycles. The monoisotopic (exact) mass is 424 g/mol. The number of anilines is 3. The van der Waals surface area contributed by atoms with E-state index in [1.54, 1.807) is 12.1 Å².